The molecule has 0 saturated carbocycles. The predicted molar refractivity (Wildman–Crippen MR) is 84.5 cm³/mol. The van der Waals surface area contributed by atoms with Crippen molar-refractivity contribution in [2.45, 2.75) is 24.9 Å². The second-order valence-electron chi connectivity index (χ2n) is 5.75. The third kappa shape index (κ3) is 2.28. The number of halogens is 1. The Bertz CT molecular complexity index is 700. The summed E-state index contributed by atoms with van der Waals surface area (Å²) in [6.07, 6.45) is 2.66. The van der Waals surface area contributed by atoms with E-state index in [0.717, 1.165) is 25.9 Å². The van der Waals surface area contributed by atoms with Crippen LogP contribution in [0.5, 0.6) is 0 Å². The summed E-state index contributed by atoms with van der Waals surface area (Å²) < 4.78 is 11.4. The van der Waals surface area contributed by atoms with Gasteiger partial charge in [0.2, 0.25) is 0 Å². The lowest BCUT2D eigenvalue weighted by molar-refractivity contribution is -0.0928. The lowest BCUT2D eigenvalue weighted by atomic mass is 9.82. The normalized spacial score (nSPS) is 20.1. The van der Waals surface area contributed by atoms with Crippen LogP contribution in [0.2, 0.25) is 5.22 Å². The van der Waals surface area contributed by atoms with Crippen molar-refractivity contribution < 1.29 is 13.9 Å². The van der Waals surface area contributed by atoms with E-state index < -0.39 is 0 Å². The van der Waals surface area contributed by atoms with Crippen molar-refractivity contribution in [3.05, 3.63) is 45.0 Å². The number of amides is 1. The fraction of sp³-hybridized carbons (Fsp3) is 0.438. The number of rotatable bonds is 1. The van der Waals surface area contributed by atoms with Gasteiger partial charge in [-0.2, -0.15) is 0 Å². The van der Waals surface area contributed by atoms with Crippen LogP contribution in [0.4, 0.5) is 0 Å². The summed E-state index contributed by atoms with van der Waals surface area (Å²) in [6.45, 7) is 2.12. The number of likely N-dealkylation sites (tertiary alicyclic amines) is 1. The molecule has 1 amide bonds. The van der Waals surface area contributed by atoms with Crippen LogP contribution in [-0.4, -0.2) is 30.5 Å². The second kappa shape index (κ2) is 5.41. The highest BCUT2D eigenvalue weighted by Crippen LogP contribution is 2.43. The lowest BCUT2D eigenvalue weighted by Crippen LogP contribution is -2.48. The van der Waals surface area contributed by atoms with E-state index in [1.807, 2.05) is 16.2 Å². The van der Waals surface area contributed by atoms with Crippen LogP contribution in [0.25, 0.3) is 0 Å². The van der Waals surface area contributed by atoms with E-state index in [4.69, 9.17) is 20.8 Å². The van der Waals surface area contributed by atoms with Crippen molar-refractivity contribution in [1.82, 2.24) is 4.90 Å². The Hall–Kier alpha value is -1.30. The Kier molecular flexibility index (Phi) is 3.51. The monoisotopic (exact) mass is 337 g/mol. The summed E-state index contributed by atoms with van der Waals surface area (Å²) >= 11 is 7.56. The maximum Gasteiger partial charge on any atom is 0.289 e. The van der Waals surface area contributed by atoms with E-state index in [-0.39, 0.29) is 16.7 Å². The Labute approximate surface area is 137 Å². The average molecular weight is 338 g/mol. The van der Waals surface area contributed by atoms with Crippen molar-refractivity contribution in [3.8, 4) is 0 Å². The summed E-state index contributed by atoms with van der Waals surface area (Å²) in [5, 5.41) is 2.39. The van der Waals surface area contributed by atoms with Gasteiger partial charge in [-0.15, -0.1) is 11.3 Å². The van der Waals surface area contributed by atoms with Crippen LogP contribution in [0.3, 0.4) is 0 Å². The molecule has 4 heterocycles. The Morgan fingerprint density at radius 2 is 2.09 bits per heavy atom. The molecule has 22 heavy (non-hydrogen) atoms. The number of thiophene rings is 1. The van der Waals surface area contributed by atoms with E-state index in [9.17, 15) is 4.79 Å². The third-order valence-corrected chi connectivity index (χ3v) is 5.77. The number of ether oxygens (including phenoxy) is 1. The van der Waals surface area contributed by atoms with Gasteiger partial charge in [-0.1, -0.05) is 0 Å². The van der Waals surface area contributed by atoms with E-state index in [1.165, 1.54) is 10.4 Å². The van der Waals surface area contributed by atoms with E-state index >= 15 is 0 Å². The number of carbonyl (C=O) groups excluding carboxylic acids is 1. The summed E-state index contributed by atoms with van der Waals surface area (Å²) in [7, 11) is 0. The quantitative estimate of drug-likeness (QED) is 0.797. The second-order valence-corrected chi connectivity index (χ2v) is 7.12. The number of piperidine rings is 1. The summed E-state index contributed by atoms with van der Waals surface area (Å²) in [4.78, 5) is 15.7. The molecule has 6 heteroatoms. The van der Waals surface area contributed by atoms with E-state index in [2.05, 4.69) is 11.4 Å². The molecular weight excluding hydrogens is 322 g/mol. The van der Waals surface area contributed by atoms with Crippen molar-refractivity contribution >= 4 is 28.8 Å². The molecule has 0 atom stereocenters. The molecule has 2 aromatic rings. The zero-order valence-electron chi connectivity index (χ0n) is 12.0. The van der Waals surface area contributed by atoms with Gasteiger partial charge in [-0.25, -0.2) is 0 Å². The highest BCUT2D eigenvalue weighted by Gasteiger charge is 2.42. The van der Waals surface area contributed by atoms with Crippen molar-refractivity contribution in [1.29, 1.82) is 0 Å². The first-order valence-electron chi connectivity index (χ1n) is 7.43. The lowest BCUT2D eigenvalue weighted by Gasteiger charge is -2.43. The number of hydrogen-bond acceptors (Lipinski definition) is 4. The maximum atomic E-state index is 12.4. The molecule has 2 aromatic heterocycles. The first kappa shape index (κ1) is 14.3. The molecule has 0 aliphatic carbocycles. The van der Waals surface area contributed by atoms with Gasteiger partial charge >= 0.3 is 0 Å². The summed E-state index contributed by atoms with van der Waals surface area (Å²) in [5.41, 5.74) is 1.13. The molecule has 2 aliphatic heterocycles. The van der Waals surface area contributed by atoms with Crippen molar-refractivity contribution in [2.75, 3.05) is 19.7 Å². The molecule has 0 radical (unpaired) electrons. The van der Waals surface area contributed by atoms with Gasteiger partial charge in [0.15, 0.2) is 11.0 Å². The maximum absolute atomic E-state index is 12.4. The topological polar surface area (TPSA) is 42.7 Å². The van der Waals surface area contributed by atoms with Gasteiger partial charge in [0.1, 0.15) is 0 Å². The van der Waals surface area contributed by atoms with Crippen LogP contribution in [0, 0.1) is 0 Å². The van der Waals surface area contributed by atoms with Crippen molar-refractivity contribution in [2.24, 2.45) is 0 Å². The molecule has 0 unspecified atom stereocenters. The van der Waals surface area contributed by atoms with Crippen LogP contribution >= 0.6 is 22.9 Å². The SMILES string of the molecule is O=C(c1ccc(Cl)o1)N1CCC2(CC1)OCCc1sccc12. The van der Waals surface area contributed by atoms with Gasteiger partial charge < -0.3 is 14.1 Å². The molecule has 0 aromatic carbocycles. The number of fused-ring (bicyclic) bond motifs is 2. The van der Waals surface area contributed by atoms with Crippen LogP contribution in [-0.2, 0) is 16.8 Å². The van der Waals surface area contributed by atoms with Gasteiger partial charge in [-0.3, -0.25) is 4.79 Å². The van der Waals surface area contributed by atoms with Crippen molar-refractivity contribution in [3.63, 3.8) is 0 Å². The molecular formula is C16H16ClNO3S. The Morgan fingerprint density at radius 3 is 2.82 bits per heavy atom. The van der Waals surface area contributed by atoms with Crippen LogP contribution in [0.1, 0.15) is 33.8 Å². The number of furan rings is 1. The van der Waals surface area contributed by atoms with Gasteiger partial charge in [0.05, 0.1) is 12.2 Å². The number of carbonyl (C=O) groups is 1. The standard InChI is InChI=1S/C16H16ClNO3S/c17-14-2-1-12(21-14)15(19)18-7-5-16(6-8-18)11-4-10-22-13(11)3-9-20-16/h1-2,4,10H,3,5-9H2. The summed E-state index contributed by atoms with van der Waals surface area (Å²) in [6, 6.07) is 5.41. The Balaban J connectivity index is 1.51. The fourth-order valence-electron chi connectivity index (χ4n) is 3.43. The largest absolute Gasteiger partial charge is 0.440 e. The molecule has 1 fully saturated rings. The molecule has 4 rings (SSSR count). The third-order valence-electron chi connectivity index (χ3n) is 4.59. The highest BCUT2D eigenvalue weighted by molar-refractivity contribution is 7.10. The minimum Gasteiger partial charge on any atom is -0.440 e. The predicted octanol–water partition coefficient (Wildman–Crippen LogP) is 3.70. The van der Waals surface area contributed by atoms with Gasteiger partial charge in [0.25, 0.3) is 5.91 Å². The zero-order valence-corrected chi connectivity index (χ0v) is 13.6. The number of hydrogen-bond donors (Lipinski definition) is 0. The van der Waals surface area contributed by atoms with Gasteiger partial charge in [0, 0.05) is 24.4 Å². The highest BCUT2D eigenvalue weighted by atomic mass is 35.5. The van der Waals surface area contributed by atoms with Gasteiger partial charge in [-0.05, 0) is 53.6 Å². The van der Waals surface area contributed by atoms with Crippen LogP contribution < -0.4 is 0 Å². The molecule has 116 valence electrons. The first-order chi connectivity index (χ1) is 10.7. The Morgan fingerprint density at radius 1 is 1.27 bits per heavy atom. The molecule has 1 saturated heterocycles. The van der Waals surface area contributed by atoms with E-state index in [0.29, 0.717) is 18.8 Å². The van der Waals surface area contributed by atoms with Crippen LogP contribution in [0.15, 0.2) is 28.0 Å². The minimum absolute atomic E-state index is 0.0944. The molecule has 2 aliphatic rings. The minimum atomic E-state index is -0.203. The summed E-state index contributed by atoms with van der Waals surface area (Å²) in [5.74, 6) is 0.213. The number of nitrogens with zero attached hydrogens (tertiary/aromatic N) is 1. The first-order valence-corrected chi connectivity index (χ1v) is 8.69. The molecule has 4 nitrogen and oxygen atoms in total. The average Bonchev–Trinajstić information content (AvgIpc) is 3.17. The molecule has 1 spiro atoms. The smallest absolute Gasteiger partial charge is 0.289 e. The fourth-order valence-corrected chi connectivity index (χ4v) is 4.52. The molecule has 0 bridgehead atoms. The zero-order chi connectivity index (χ0) is 15.2. The molecule has 0 N–H and O–H groups in total. The van der Waals surface area contributed by atoms with E-state index in [1.54, 1.807) is 12.1 Å².